The molecule has 1 radical (unpaired) electrons. The molecular formula is C37H28IrN2O-2. The Kier molecular flexibility index (Phi) is 8.84. The van der Waals surface area contributed by atoms with E-state index in [4.69, 9.17) is 4.42 Å². The normalized spacial score (nSPS) is 11.4. The zero-order valence-corrected chi connectivity index (χ0v) is 25.2. The van der Waals surface area contributed by atoms with E-state index in [2.05, 4.69) is 96.6 Å². The summed E-state index contributed by atoms with van der Waals surface area (Å²) >= 11 is 0. The topological polar surface area (TPSA) is 38.9 Å². The van der Waals surface area contributed by atoms with Crippen LogP contribution in [0.2, 0.25) is 0 Å². The van der Waals surface area contributed by atoms with Crippen LogP contribution in [0, 0.1) is 19.1 Å². The number of benzene rings is 4. The van der Waals surface area contributed by atoms with Gasteiger partial charge in [-0.2, -0.15) is 0 Å². The Balaban J connectivity index is 0.000000218. The Morgan fingerprint density at radius 2 is 1.46 bits per heavy atom. The average Bonchev–Trinajstić information content (AvgIpc) is 3.40. The van der Waals surface area contributed by atoms with Gasteiger partial charge < -0.3 is 14.4 Å². The van der Waals surface area contributed by atoms with Gasteiger partial charge in [-0.25, -0.2) is 0 Å². The van der Waals surface area contributed by atoms with Crippen molar-refractivity contribution in [2.24, 2.45) is 0 Å². The molecule has 3 nitrogen and oxygen atoms in total. The molecule has 4 heteroatoms. The maximum Gasteiger partial charge on any atom is 0.121 e. The first-order chi connectivity index (χ1) is 19.7. The third-order valence-electron chi connectivity index (χ3n) is 7.08. The maximum absolute atomic E-state index is 6.33. The zero-order valence-electron chi connectivity index (χ0n) is 22.8. The first-order valence-electron chi connectivity index (χ1n) is 13.4. The van der Waals surface area contributed by atoms with Crippen molar-refractivity contribution in [2.75, 3.05) is 0 Å². The molecule has 3 heterocycles. The van der Waals surface area contributed by atoms with Gasteiger partial charge in [-0.15, -0.1) is 54.1 Å². The minimum Gasteiger partial charge on any atom is -0.501 e. The molecule has 0 amide bonds. The van der Waals surface area contributed by atoms with Crippen LogP contribution in [0.15, 0.2) is 132 Å². The van der Waals surface area contributed by atoms with E-state index in [-0.39, 0.29) is 20.1 Å². The Morgan fingerprint density at radius 1 is 0.659 bits per heavy atom. The molecule has 0 aliphatic rings. The minimum atomic E-state index is 0. The van der Waals surface area contributed by atoms with Crippen LogP contribution in [0.4, 0.5) is 0 Å². The molecule has 7 rings (SSSR count). The van der Waals surface area contributed by atoms with Crippen LogP contribution in [0.5, 0.6) is 0 Å². The van der Waals surface area contributed by atoms with E-state index in [0.29, 0.717) is 5.92 Å². The third-order valence-corrected chi connectivity index (χ3v) is 7.08. The number of furan rings is 1. The van der Waals surface area contributed by atoms with Crippen molar-refractivity contribution < 1.29 is 24.5 Å². The Bertz CT molecular complexity index is 1830. The number of fused-ring (bicyclic) bond motifs is 3. The number of nitrogens with zero attached hydrogens (tertiary/aromatic N) is 2. The van der Waals surface area contributed by atoms with Crippen molar-refractivity contribution in [1.29, 1.82) is 0 Å². The van der Waals surface area contributed by atoms with E-state index in [1.54, 1.807) is 6.20 Å². The fourth-order valence-corrected chi connectivity index (χ4v) is 4.90. The van der Waals surface area contributed by atoms with Crippen LogP contribution < -0.4 is 0 Å². The number of hydrogen-bond acceptors (Lipinski definition) is 3. The maximum atomic E-state index is 6.33. The molecule has 1 unspecified atom stereocenters. The Labute approximate surface area is 254 Å². The number of aromatic nitrogens is 2. The van der Waals surface area contributed by atoms with Crippen molar-refractivity contribution in [3.63, 3.8) is 0 Å². The van der Waals surface area contributed by atoms with Gasteiger partial charge in [-0.1, -0.05) is 84.1 Å². The molecule has 0 saturated carbocycles. The van der Waals surface area contributed by atoms with Gasteiger partial charge in [0.25, 0.3) is 0 Å². The van der Waals surface area contributed by atoms with E-state index in [1.807, 2.05) is 60.8 Å². The molecule has 0 saturated heterocycles. The summed E-state index contributed by atoms with van der Waals surface area (Å²) in [7, 11) is 0. The third kappa shape index (κ3) is 6.20. The molecule has 0 N–H and O–H groups in total. The van der Waals surface area contributed by atoms with Crippen LogP contribution in [-0.4, -0.2) is 9.97 Å². The monoisotopic (exact) mass is 709 g/mol. The fraction of sp³-hybridized carbons (Fsp3) is 0.0811. The van der Waals surface area contributed by atoms with Gasteiger partial charge in [0.2, 0.25) is 0 Å². The first-order valence-corrected chi connectivity index (χ1v) is 13.4. The van der Waals surface area contributed by atoms with Crippen molar-refractivity contribution in [2.45, 2.75) is 19.8 Å². The average molecular weight is 709 g/mol. The van der Waals surface area contributed by atoms with E-state index < -0.39 is 0 Å². The quantitative estimate of drug-likeness (QED) is 0.171. The molecule has 0 bridgehead atoms. The molecule has 0 fully saturated rings. The van der Waals surface area contributed by atoms with E-state index in [9.17, 15) is 0 Å². The molecule has 203 valence electrons. The van der Waals surface area contributed by atoms with Crippen molar-refractivity contribution in [1.82, 2.24) is 9.97 Å². The van der Waals surface area contributed by atoms with Gasteiger partial charge in [-0.3, -0.25) is 0 Å². The molecule has 0 spiro atoms. The zero-order chi connectivity index (χ0) is 27.3. The second kappa shape index (κ2) is 12.9. The number of pyridine rings is 2. The first kappa shape index (κ1) is 28.2. The standard InChI is InChI=1S/C26H20NO.C11H8N.Ir/c1-17-13-14-27-24(15-17)23-10-6-9-22-21-12-11-20(16-25(21)28-26(22)23)18(2)19-7-4-3-5-8-19;1-2-6-10(7-3-1)11-8-4-5-9-12-11;/h3-9,11-16,18H,1-2H3;1-6,8-9H;/q2*-1;. The summed E-state index contributed by atoms with van der Waals surface area (Å²) < 4.78 is 6.33. The van der Waals surface area contributed by atoms with E-state index >= 15 is 0 Å². The predicted molar refractivity (Wildman–Crippen MR) is 163 cm³/mol. The summed E-state index contributed by atoms with van der Waals surface area (Å²) in [5.41, 5.74) is 9.29. The fourth-order valence-electron chi connectivity index (χ4n) is 4.90. The molecule has 3 aromatic heterocycles. The number of rotatable bonds is 4. The van der Waals surface area contributed by atoms with Crippen molar-refractivity contribution >= 4 is 21.9 Å². The Morgan fingerprint density at radius 3 is 2.22 bits per heavy atom. The Hall–Kier alpha value is -4.37. The van der Waals surface area contributed by atoms with E-state index in [1.165, 1.54) is 16.7 Å². The largest absolute Gasteiger partial charge is 0.501 e. The van der Waals surface area contributed by atoms with Crippen LogP contribution >= 0.6 is 0 Å². The second-order valence-corrected chi connectivity index (χ2v) is 9.80. The minimum absolute atomic E-state index is 0. The van der Waals surface area contributed by atoms with Crippen LogP contribution in [0.3, 0.4) is 0 Å². The van der Waals surface area contributed by atoms with Gasteiger partial charge in [0, 0.05) is 43.8 Å². The molecular weight excluding hydrogens is 681 g/mol. The van der Waals surface area contributed by atoms with Gasteiger partial charge in [0.1, 0.15) is 5.58 Å². The summed E-state index contributed by atoms with van der Waals surface area (Å²) in [6.45, 7) is 4.30. The van der Waals surface area contributed by atoms with Crippen LogP contribution in [0.25, 0.3) is 44.5 Å². The van der Waals surface area contributed by atoms with Crippen LogP contribution in [0.1, 0.15) is 29.5 Å². The molecule has 7 aromatic rings. The summed E-state index contributed by atoms with van der Waals surface area (Å²) in [6.07, 6.45) is 3.62. The summed E-state index contributed by atoms with van der Waals surface area (Å²) in [4.78, 5) is 8.74. The summed E-state index contributed by atoms with van der Waals surface area (Å²) in [5, 5.41) is 2.23. The molecule has 41 heavy (non-hydrogen) atoms. The van der Waals surface area contributed by atoms with Crippen molar-refractivity contribution in [3.05, 3.63) is 156 Å². The smallest absolute Gasteiger partial charge is 0.121 e. The van der Waals surface area contributed by atoms with E-state index in [0.717, 1.165) is 44.5 Å². The second-order valence-electron chi connectivity index (χ2n) is 9.80. The molecule has 0 aliphatic heterocycles. The van der Waals surface area contributed by atoms with Gasteiger partial charge in [0.05, 0.1) is 5.58 Å². The number of hydrogen-bond donors (Lipinski definition) is 0. The summed E-state index contributed by atoms with van der Waals surface area (Å²) in [5.74, 6) is 0.309. The molecule has 1 atom stereocenters. The number of aryl methyl sites for hydroxylation is 1. The van der Waals surface area contributed by atoms with Gasteiger partial charge in [-0.05, 0) is 47.6 Å². The predicted octanol–water partition coefficient (Wildman–Crippen LogP) is 9.45. The summed E-state index contributed by atoms with van der Waals surface area (Å²) in [6, 6.07) is 45.3. The molecule has 4 aromatic carbocycles. The molecule has 0 aliphatic carbocycles. The van der Waals surface area contributed by atoms with Crippen molar-refractivity contribution in [3.8, 4) is 22.5 Å². The van der Waals surface area contributed by atoms with Crippen LogP contribution in [-0.2, 0) is 20.1 Å². The van der Waals surface area contributed by atoms with Gasteiger partial charge in [0.15, 0.2) is 0 Å². The van der Waals surface area contributed by atoms with Gasteiger partial charge >= 0.3 is 0 Å². The SMILES string of the molecule is Cc1ccnc(-c2[c-]ccc3c2oc2cc(C(C)c4ccccc4)ccc23)c1.[Ir].[c-]1ccccc1-c1ccccn1.